The van der Waals surface area contributed by atoms with Crippen LogP contribution in [0.5, 0.6) is 5.88 Å². The van der Waals surface area contributed by atoms with E-state index < -0.39 is 0 Å². The van der Waals surface area contributed by atoms with E-state index in [2.05, 4.69) is 45.0 Å². The molecule has 0 atom stereocenters. The lowest BCUT2D eigenvalue weighted by Gasteiger charge is -2.29. The van der Waals surface area contributed by atoms with Crippen LogP contribution < -0.4 is 15.4 Å². The Labute approximate surface area is 139 Å². The van der Waals surface area contributed by atoms with Crippen molar-refractivity contribution in [1.29, 1.82) is 0 Å². The number of nitrogens with zero attached hydrogens (tertiary/aromatic N) is 3. The highest BCUT2D eigenvalue weighted by Gasteiger charge is 2.21. The van der Waals surface area contributed by atoms with Crippen LogP contribution in [0, 0.1) is 0 Å². The second kappa shape index (κ2) is 5.35. The van der Waals surface area contributed by atoms with Crippen LogP contribution in [0.15, 0.2) is 48.8 Å². The van der Waals surface area contributed by atoms with E-state index in [1.165, 1.54) is 5.56 Å². The monoisotopic (exact) mass is 319 g/mol. The van der Waals surface area contributed by atoms with Gasteiger partial charge in [-0.2, -0.15) is 10.1 Å². The van der Waals surface area contributed by atoms with E-state index in [4.69, 9.17) is 4.74 Å². The van der Waals surface area contributed by atoms with Gasteiger partial charge < -0.3 is 15.4 Å². The zero-order chi connectivity index (χ0) is 15.9. The highest BCUT2D eigenvalue weighted by atomic mass is 16.5. The van der Waals surface area contributed by atoms with Gasteiger partial charge in [-0.05, 0) is 41.5 Å². The molecule has 5 rings (SSSR count). The molecule has 1 aromatic carbocycles. The Balaban J connectivity index is 1.49. The standard InChI is InChI=1S/C18H17N5O/c1-6-20-23(7-1)14-2-3-15-12(8-14)11-24-18-16(15)4-5-17(22-18)21-13-9-19-10-13/h1-8,13,19H,9-11H2,(H,21,22). The third-order valence-electron chi connectivity index (χ3n) is 4.51. The molecule has 2 N–H and O–H groups in total. The summed E-state index contributed by atoms with van der Waals surface area (Å²) in [7, 11) is 0. The van der Waals surface area contributed by atoms with Gasteiger partial charge in [0, 0.05) is 31.0 Å². The molecule has 2 aromatic heterocycles. The largest absolute Gasteiger partial charge is 0.472 e. The Bertz CT molecular complexity index is 886. The lowest BCUT2D eigenvalue weighted by molar-refractivity contribution is 0.290. The minimum atomic E-state index is 0.461. The molecule has 4 heterocycles. The van der Waals surface area contributed by atoms with Crippen LogP contribution in [0.3, 0.4) is 0 Å². The zero-order valence-electron chi connectivity index (χ0n) is 13.1. The van der Waals surface area contributed by atoms with Crippen molar-refractivity contribution in [3.63, 3.8) is 0 Å². The van der Waals surface area contributed by atoms with Crippen LogP contribution in [-0.4, -0.2) is 33.9 Å². The van der Waals surface area contributed by atoms with Gasteiger partial charge in [-0.15, -0.1) is 0 Å². The van der Waals surface area contributed by atoms with E-state index in [0.29, 0.717) is 18.5 Å². The van der Waals surface area contributed by atoms with Gasteiger partial charge in [-0.1, -0.05) is 6.07 Å². The normalized spacial score (nSPS) is 15.8. The summed E-state index contributed by atoms with van der Waals surface area (Å²) >= 11 is 0. The predicted molar refractivity (Wildman–Crippen MR) is 91.4 cm³/mol. The van der Waals surface area contributed by atoms with Gasteiger partial charge in [0.05, 0.1) is 11.7 Å². The third-order valence-corrected chi connectivity index (χ3v) is 4.51. The van der Waals surface area contributed by atoms with E-state index in [0.717, 1.165) is 35.7 Å². The van der Waals surface area contributed by atoms with Crippen molar-refractivity contribution >= 4 is 5.82 Å². The van der Waals surface area contributed by atoms with Gasteiger partial charge in [-0.3, -0.25) is 0 Å². The van der Waals surface area contributed by atoms with Crippen molar-refractivity contribution in [3.05, 3.63) is 54.4 Å². The molecule has 1 fully saturated rings. The van der Waals surface area contributed by atoms with E-state index in [1.54, 1.807) is 6.20 Å². The fraction of sp³-hybridized carbons (Fsp3) is 0.222. The molecule has 6 heteroatoms. The highest BCUT2D eigenvalue weighted by Crippen LogP contribution is 2.37. The first-order chi connectivity index (χ1) is 11.9. The lowest BCUT2D eigenvalue weighted by atomic mass is 9.98. The molecule has 24 heavy (non-hydrogen) atoms. The Morgan fingerprint density at radius 3 is 2.88 bits per heavy atom. The first-order valence-electron chi connectivity index (χ1n) is 8.11. The van der Waals surface area contributed by atoms with Crippen molar-refractivity contribution in [2.45, 2.75) is 12.6 Å². The van der Waals surface area contributed by atoms with E-state index >= 15 is 0 Å². The van der Waals surface area contributed by atoms with Gasteiger partial charge in [0.2, 0.25) is 5.88 Å². The quantitative estimate of drug-likeness (QED) is 0.775. The zero-order valence-corrected chi connectivity index (χ0v) is 13.1. The van der Waals surface area contributed by atoms with Crippen LogP contribution in [0.25, 0.3) is 16.8 Å². The minimum Gasteiger partial charge on any atom is -0.472 e. The summed E-state index contributed by atoms with van der Waals surface area (Å²) in [6, 6.07) is 12.8. The molecular formula is C18H17N5O. The summed E-state index contributed by atoms with van der Waals surface area (Å²) in [5, 5.41) is 10.9. The molecule has 0 saturated carbocycles. The molecule has 1 saturated heterocycles. The molecule has 120 valence electrons. The molecule has 0 spiro atoms. The van der Waals surface area contributed by atoms with Gasteiger partial charge >= 0.3 is 0 Å². The number of anilines is 1. The van der Waals surface area contributed by atoms with Crippen molar-refractivity contribution < 1.29 is 4.74 Å². The molecule has 2 aliphatic heterocycles. The SMILES string of the molecule is c1cnn(-c2ccc3c(c2)COc2nc(NC4CNC4)ccc2-3)c1. The van der Waals surface area contributed by atoms with Crippen LogP contribution >= 0.6 is 0 Å². The van der Waals surface area contributed by atoms with Gasteiger partial charge in [0.25, 0.3) is 0 Å². The Kier molecular flexibility index (Phi) is 3.02. The number of hydrogen-bond donors (Lipinski definition) is 2. The Morgan fingerprint density at radius 1 is 1.17 bits per heavy atom. The number of hydrogen-bond acceptors (Lipinski definition) is 5. The molecular weight excluding hydrogens is 302 g/mol. The molecule has 0 bridgehead atoms. The maximum Gasteiger partial charge on any atom is 0.223 e. The first-order valence-corrected chi connectivity index (χ1v) is 8.11. The van der Waals surface area contributed by atoms with Crippen molar-refractivity contribution in [1.82, 2.24) is 20.1 Å². The van der Waals surface area contributed by atoms with E-state index in [-0.39, 0.29) is 0 Å². The average molecular weight is 319 g/mol. The molecule has 0 radical (unpaired) electrons. The highest BCUT2D eigenvalue weighted by molar-refractivity contribution is 5.75. The average Bonchev–Trinajstić information content (AvgIpc) is 3.12. The van der Waals surface area contributed by atoms with E-state index in [1.807, 2.05) is 23.0 Å². The van der Waals surface area contributed by atoms with Gasteiger partial charge in [-0.25, -0.2) is 4.68 Å². The third kappa shape index (κ3) is 2.23. The second-order valence-electron chi connectivity index (χ2n) is 6.13. The topological polar surface area (TPSA) is 64.0 Å². The van der Waals surface area contributed by atoms with Crippen molar-refractivity contribution in [3.8, 4) is 22.7 Å². The molecule has 0 aliphatic carbocycles. The van der Waals surface area contributed by atoms with Crippen molar-refractivity contribution in [2.75, 3.05) is 18.4 Å². The number of fused-ring (bicyclic) bond motifs is 3. The fourth-order valence-electron chi connectivity index (χ4n) is 3.11. The second-order valence-corrected chi connectivity index (χ2v) is 6.13. The lowest BCUT2D eigenvalue weighted by Crippen LogP contribution is -2.51. The molecule has 3 aromatic rings. The Morgan fingerprint density at radius 2 is 2.08 bits per heavy atom. The fourth-order valence-corrected chi connectivity index (χ4v) is 3.11. The molecule has 0 amide bonds. The molecule has 2 aliphatic rings. The summed E-state index contributed by atoms with van der Waals surface area (Å²) in [5.41, 5.74) is 4.41. The maximum absolute atomic E-state index is 5.90. The number of aromatic nitrogens is 3. The number of rotatable bonds is 3. The number of nitrogens with one attached hydrogen (secondary N) is 2. The van der Waals surface area contributed by atoms with Crippen molar-refractivity contribution in [2.24, 2.45) is 0 Å². The van der Waals surface area contributed by atoms with Gasteiger partial charge in [0.1, 0.15) is 12.4 Å². The number of benzene rings is 1. The van der Waals surface area contributed by atoms with E-state index in [9.17, 15) is 0 Å². The number of ether oxygens (including phenoxy) is 1. The smallest absolute Gasteiger partial charge is 0.223 e. The summed E-state index contributed by atoms with van der Waals surface area (Å²) < 4.78 is 7.75. The predicted octanol–water partition coefficient (Wildman–Crippen LogP) is 2.21. The van der Waals surface area contributed by atoms with Crippen LogP contribution in [0.2, 0.25) is 0 Å². The minimum absolute atomic E-state index is 0.461. The summed E-state index contributed by atoms with van der Waals surface area (Å²) in [5.74, 6) is 1.57. The maximum atomic E-state index is 5.90. The summed E-state index contributed by atoms with van der Waals surface area (Å²) in [6.07, 6.45) is 3.72. The Hall–Kier alpha value is -2.86. The summed E-state index contributed by atoms with van der Waals surface area (Å²) in [6.45, 7) is 2.50. The van der Waals surface area contributed by atoms with Crippen LogP contribution in [0.4, 0.5) is 5.82 Å². The van der Waals surface area contributed by atoms with Crippen LogP contribution in [-0.2, 0) is 6.61 Å². The molecule has 0 unspecified atom stereocenters. The number of pyridine rings is 1. The van der Waals surface area contributed by atoms with Gasteiger partial charge in [0.15, 0.2) is 0 Å². The molecule has 6 nitrogen and oxygen atoms in total. The first kappa shape index (κ1) is 13.6. The van der Waals surface area contributed by atoms with Crippen LogP contribution in [0.1, 0.15) is 5.56 Å². The summed E-state index contributed by atoms with van der Waals surface area (Å²) in [4.78, 5) is 4.63.